The Morgan fingerprint density at radius 2 is 1.93 bits per heavy atom. The first-order valence-corrected chi connectivity index (χ1v) is 9.66. The number of aromatic amines is 1. The lowest BCUT2D eigenvalue weighted by molar-refractivity contribution is -0.117. The Morgan fingerprint density at radius 3 is 2.55 bits per heavy atom. The highest BCUT2D eigenvalue weighted by molar-refractivity contribution is 5.98. The van der Waals surface area contributed by atoms with E-state index in [2.05, 4.69) is 10.3 Å². The maximum atomic E-state index is 12.4. The van der Waals surface area contributed by atoms with Crippen molar-refractivity contribution in [2.75, 3.05) is 13.2 Å². The molecule has 2 rings (SSSR count). The average molecular weight is 403 g/mol. The van der Waals surface area contributed by atoms with Crippen molar-refractivity contribution in [3.05, 3.63) is 35.0 Å². The molecular weight excluding hydrogens is 374 g/mol. The fourth-order valence-corrected chi connectivity index (χ4v) is 3.01. The minimum atomic E-state index is -0.561. The average Bonchev–Trinajstić information content (AvgIpc) is 2.95. The maximum absolute atomic E-state index is 12.4. The number of hydrogen-bond donors (Lipinski definition) is 3. The number of amides is 2. The second-order valence-corrected chi connectivity index (χ2v) is 7.75. The zero-order chi connectivity index (χ0) is 21.6. The normalized spacial score (nSPS) is 11.3. The van der Waals surface area contributed by atoms with Crippen LogP contribution in [0, 0.1) is 0 Å². The highest BCUT2D eigenvalue weighted by atomic mass is 16.6. The van der Waals surface area contributed by atoms with Gasteiger partial charge in [-0.25, -0.2) is 9.59 Å². The summed E-state index contributed by atoms with van der Waals surface area (Å²) in [4.78, 5) is 38.5. The summed E-state index contributed by atoms with van der Waals surface area (Å²) in [6.45, 7) is 7.80. The molecule has 0 bridgehead atoms. The summed E-state index contributed by atoms with van der Waals surface area (Å²) >= 11 is 0. The van der Waals surface area contributed by atoms with Crippen LogP contribution in [-0.4, -0.2) is 41.7 Å². The van der Waals surface area contributed by atoms with Gasteiger partial charge in [0.05, 0.1) is 13.0 Å². The molecule has 4 N–H and O–H groups in total. The van der Waals surface area contributed by atoms with Crippen LogP contribution in [0.4, 0.5) is 4.79 Å². The van der Waals surface area contributed by atoms with Crippen LogP contribution in [0.25, 0.3) is 10.9 Å². The van der Waals surface area contributed by atoms with Crippen LogP contribution in [0.2, 0.25) is 0 Å². The number of rotatable bonds is 8. The Hall–Kier alpha value is -3.03. The first kappa shape index (κ1) is 22.3. The van der Waals surface area contributed by atoms with Crippen LogP contribution in [0.1, 0.15) is 55.7 Å². The number of aromatic nitrogens is 1. The van der Waals surface area contributed by atoms with E-state index < -0.39 is 23.6 Å². The van der Waals surface area contributed by atoms with E-state index in [1.54, 1.807) is 33.8 Å². The Balaban J connectivity index is 2.19. The molecule has 1 heterocycles. The number of primary amides is 1. The lowest BCUT2D eigenvalue weighted by atomic mass is 10.0. The predicted octanol–water partition coefficient (Wildman–Crippen LogP) is 2.83. The molecule has 2 aromatic rings. The van der Waals surface area contributed by atoms with E-state index in [0.717, 1.165) is 22.0 Å². The van der Waals surface area contributed by atoms with E-state index in [9.17, 15) is 14.4 Å². The highest BCUT2D eigenvalue weighted by Crippen LogP contribution is 2.26. The number of hydrogen-bond acceptors (Lipinski definition) is 5. The number of nitrogens with one attached hydrogen (secondary N) is 2. The van der Waals surface area contributed by atoms with Crippen LogP contribution in [0.15, 0.2) is 18.2 Å². The van der Waals surface area contributed by atoms with Crippen molar-refractivity contribution in [1.82, 2.24) is 10.3 Å². The molecule has 1 aromatic heterocycles. The summed E-state index contributed by atoms with van der Waals surface area (Å²) in [6, 6.07) is 5.47. The quantitative estimate of drug-likeness (QED) is 0.462. The summed E-state index contributed by atoms with van der Waals surface area (Å²) in [5, 5.41) is 3.55. The molecule has 0 aliphatic rings. The zero-order valence-electron chi connectivity index (χ0n) is 17.4. The van der Waals surface area contributed by atoms with Gasteiger partial charge in [-0.15, -0.1) is 0 Å². The lowest BCUT2D eigenvalue weighted by Crippen LogP contribution is -2.33. The highest BCUT2D eigenvalue weighted by Gasteiger charge is 2.20. The monoisotopic (exact) mass is 403 g/mol. The molecule has 0 atom stereocenters. The molecular formula is C21H29N3O5. The van der Waals surface area contributed by atoms with Crippen molar-refractivity contribution >= 4 is 28.9 Å². The summed E-state index contributed by atoms with van der Waals surface area (Å²) < 4.78 is 10.4. The maximum Gasteiger partial charge on any atom is 0.407 e. The second-order valence-electron chi connectivity index (χ2n) is 7.75. The molecule has 0 radical (unpaired) electrons. The molecule has 0 saturated heterocycles. The van der Waals surface area contributed by atoms with Gasteiger partial charge in [-0.3, -0.25) is 4.79 Å². The van der Waals surface area contributed by atoms with Crippen molar-refractivity contribution in [1.29, 1.82) is 0 Å². The Labute approximate surface area is 170 Å². The molecule has 0 fully saturated rings. The molecule has 0 saturated carbocycles. The zero-order valence-corrected chi connectivity index (χ0v) is 17.4. The minimum Gasteiger partial charge on any atom is -0.461 e. The van der Waals surface area contributed by atoms with Crippen LogP contribution in [-0.2, 0) is 27.1 Å². The Bertz CT molecular complexity index is 896. The van der Waals surface area contributed by atoms with Gasteiger partial charge in [0.2, 0.25) is 5.91 Å². The Morgan fingerprint density at radius 1 is 1.21 bits per heavy atom. The smallest absolute Gasteiger partial charge is 0.407 e. The third-order valence-electron chi connectivity index (χ3n) is 4.10. The van der Waals surface area contributed by atoms with Gasteiger partial charge in [0.15, 0.2) is 0 Å². The van der Waals surface area contributed by atoms with Gasteiger partial charge in [0.25, 0.3) is 0 Å². The first-order chi connectivity index (χ1) is 13.6. The van der Waals surface area contributed by atoms with E-state index in [4.69, 9.17) is 15.2 Å². The number of alkyl carbamates (subject to hydrolysis) is 1. The van der Waals surface area contributed by atoms with Gasteiger partial charge in [0, 0.05) is 17.4 Å². The molecule has 29 heavy (non-hydrogen) atoms. The summed E-state index contributed by atoms with van der Waals surface area (Å²) in [5.74, 6) is -0.858. The van der Waals surface area contributed by atoms with Gasteiger partial charge in [0.1, 0.15) is 11.3 Å². The van der Waals surface area contributed by atoms with Crippen LogP contribution in [0.5, 0.6) is 0 Å². The number of nitrogens with two attached hydrogens (primary N) is 1. The summed E-state index contributed by atoms with van der Waals surface area (Å²) in [7, 11) is 0. The molecule has 158 valence electrons. The largest absolute Gasteiger partial charge is 0.461 e. The van der Waals surface area contributed by atoms with E-state index in [1.807, 2.05) is 12.1 Å². The van der Waals surface area contributed by atoms with Crippen LogP contribution >= 0.6 is 0 Å². The minimum absolute atomic E-state index is 0.121. The summed E-state index contributed by atoms with van der Waals surface area (Å²) in [6.07, 6.45) is 0.767. The number of aryl methyl sites for hydroxylation is 1. The SMILES string of the molecule is CCOC(=O)c1[nH]c2ccc(CC(N)=O)cc2c1CCCNC(=O)OC(C)(C)C. The van der Waals surface area contributed by atoms with E-state index in [-0.39, 0.29) is 13.0 Å². The molecule has 1 aromatic carbocycles. The van der Waals surface area contributed by atoms with E-state index in [1.165, 1.54) is 0 Å². The molecule has 8 nitrogen and oxygen atoms in total. The number of H-pyrrole nitrogens is 1. The predicted molar refractivity (Wildman–Crippen MR) is 110 cm³/mol. The van der Waals surface area contributed by atoms with Gasteiger partial charge in [-0.2, -0.15) is 0 Å². The van der Waals surface area contributed by atoms with Crippen molar-refractivity contribution in [2.45, 2.75) is 52.6 Å². The third-order valence-corrected chi connectivity index (χ3v) is 4.10. The van der Waals surface area contributed by atoms with Crippen LogP contribution in [0.3, 0.4) is 0 Å². The fourth-order valence-electron chi connectivity index (χ4n) is 3.01. The third kappa shape index (κ3) is 6.51. The van der Waals surface area contributed by atoms with Crippen molar-refractivity contribution in [3.63, 3.8) is 0 Å². The first-order valence-electron chi connectivity index (χ1n) is 9.66. The second kappa shape index (κ2) is 9.45. The standard InChI is InChI=1S/C21H29N3O5/c1-5-28-19(26)18-14(7-6-10-23-20(27)29-21(2,3)4)15-11-13(12-17(22)25)8-9-16(15)24-18/h8-9,11,24H,5-7,10,12H2,1-4H3,(H2,22,25)(H,23,27). The number of benzene rings is 1. The molecule has 2 amide bonds. The number of esters is 1. The molecule has 0 aliphatic heterocycles. The molecule has 0 aliphatic carbocycles. The van der Waals surface area contributed by atoms with Crippen molar-refractivity contribution in [2.24, 2.45) is 5.73 Å². The van der Waals surface area contributed by atoms with Gasteiger partial charge in [-0.05, 0) is 63.8 Å². The molecule has 0 unspecified atom stereocenters. The molecule has 0 spiro atoms. The van der Waals surface area contributed by atoms with Gasteiger partial charge >= 0.3 is 12.1 Å². The fraction of sp³-hybridized carbons (Fsp3) is 0.476. The topological polar surface area (TPSA) is 124 Å². The number of fused-ring (bicyclic) bond motifs is 1. The van der Waals surface area contributed by atoms with Crippen molar-refractivity contribution in [3.8, 4) is 0 Å². The lowest BCUT2D eigenvalue weighted by Gasteiger charge is -2.19. The van der Waals surface area contributed by atoms with Crippen molar-refractivity contribution < 1.29 is 23.9 Å². The summed E-state index contributed by atoms with van der Waals surface area (Å²) in [5.41, 5.74) is 7.45. The van der Waals surface area contributed by atoms with Gasteiger partial charge in [-0.1, -0.05) is 6.07 Å². The molecule has 8 heteroatoms. The number of carbonyl (C=O) groups excluding carboxylic acids is 3. The Kier molecular flexibility index (Phi) is 7.25. The van der Waals surface area contributed by atoms with E-state index >= 15 is 0 Å². The van der Waals surface area contributed by atoms with Gasteiger partial charge < -0.3 is 25.5 Å². The van der Waals surface area contributed by atoms with Crippen LogP contribution < -0.4 is 11.1 Å². The van der Waals surface area contributed by atoms with E-state index in [0.29, 0.717) is 25.1 Å². The number of carbonyl (C=O) groups is 3. The number of ether oxygens (including phenoxy) is 2.